The van der Waals surface area contributed by atoms with Gasteiger partial charge in [0.15, 0.2) is 6.10 Å². The van der Waals surface area contributed by atoms with Crippen molar-refractivity contribution >= 4 is 11.9 Å². The van der Waals surface area contributed by atoms with Gasteiger partial charge in [0.25, 0.3) is 0 Å². The zero-order valence-electron chi connectivity index (χ0n) is 19.1. The van der Waals surface area contributed by atoms with Crippen molar-refractivity contribution in [2.24, 2.45) is 0 Å². The second-order valence-corrected chi connectivity index (χ2v) is 8.07. The van der Waals surface area contributed by atoms with E-state index in [0.29, 0.717) is 12.8 Å². The lowest BCUT2D eigenvalue weighted by Crippen LogP contribution is -2.28. The van der Waals surface area contributed by atoms with Crippen LogP contribution >= 0.6 is 0 Å². The highest BCUT2D eigenvalue weighted by atomic mass is 16.6. The molecule has 5 nitrogen and oxygen atoms in total. The van der Waals surface area contributed by atoms with Gasteiger partial charge in [0.2, 0.25) is 0 Å². The molecule has 0 saturated carbocycles. The van der Waals surface area contributed by atoms with Gasteiger partial charge in [-0.3, -0.25) is 9.59 Å². The molecule has 1 atom stereocenters. The number of esters is 2. The number of hydrogen-bond acceptors (Lipinski definition) is 5. The van der Waals surface area contributed by atoms with Gasteiger partial charge in [0, 0.05) is 12.8 Å². The van der Waals surface area contributed by atoms with Gasteiger partial charge in [-0.2, -0.15) is 0 Å². The molecule has 0 aliphatic rings. The Bertz CT molecular complexity index is 383. The van der Waals surface area contributed by atoms with Crippen LogP contribution in [-0.4, -0.2) is 36.4 Å². The highest BCUT2D eigenvalue weighted by Gasteiger charge is 2.16. The Balaban J connectivity index is 3.65. The van der Waals surface area contributed by atoms with Crippen molar-refractivity contribution in [1.29, 1.82) is 0 Å². The minimum atomic E-state index is -0.755. The van der Waals surface area contributed by atoms with Crippen LogP contribution in [0, 0.1) is 0 Å². The van der Waals surface area contributed by atoms with Crippen molar-refractivity contribution < 1.29 is 24.2 Å². The molecular formula is C24H46O5. The van der Waals surface area contributed by atoms with E-state index in [0.717, 1.165) is 38.5 Å². The predicted molar refractivity (Wildman–Crippen MR) is 118 cm³/mol. The monoisotopic (exact) mass is 414 g/mol. The molecule has 0 fully saturated rings. The van der Waals surface area contributed by atoms with Crippen molar-refractivity contribution in [1.82, 2.24) is 0 Å². The largest absolute Gasteiger partial charge is 0.462 e. The fourth-order valence-electron chi connectivity index (χ4n) is 3.26. The molecule has 0 spiro atoms. The Morgan fingerprint density at radius 2 is 1.07 bits per heavy atom. The van der Waals surface area contributed by atoms with E-state index >= 15 is 0 Å². The van der Waals surface area contributed by atoms with E-state index in [2.05, 4.69) is 13.8 Å². The van der Waals surface area contributed by atoms with E-state index in [9.17, 15) is 14.7 Å². The first kappa shape index (κ1) is 27.9. The van der Waals surface area contributed by atoms with Crippen molar-refractivity contribution in [2.75, 3.05) is 13.2 Å². The molecule has 172 valence electrons. The fraction of sp³-hybridized carbons (Fsp3) is 0.917. The fourth-order valence-corrected chi connectivity index (χ4v) is 3.26. The summed E-state index contributed by atoms with van der Waals surface area (Å²) in [5, 5.41) is 9.35. The molecular weight excluding hydrogens is 368 g/mol. The zero-order valence-corrected chi connectivity index (χ0v) is 19.1. The minimum Gasteiger partial charge on any atom is -0.462 e. The second kappa shape index (κ2) is 21.6. The molecule has 0 unspecified atom stereocenters. The lowest BCUT2D eigenvalue weighted by molar-refractivity contribution is -0.161. The third-order valence-corrected chi connectivity index (χ3v) is 5.15. The van der Waals surface area contributed by atoms with Gasteiger partial charge in [0.05, 0.1) is 6.61 Å². The van der Waals surface area contributed by atoms with Crippen LogP contribution in [0.5, 0.6) is 0 Å². The molecule has 0 aromatic carbocycles. The quantitative estimate of drug-likeness (QED) is 0.181. The van der Waals surface area contributed by atoms with Crippen molar-refractivity contribution in [3.05, 3.63) is 0 Å². The first-order valence-corrected chi connectivity index (χ1v) is 12.1. The molecule has 1 N–H and O–H groups in total. The predicted octanol–water partition coefficient (Wildman–Crippen LogP) is 6.11. The number of rotatable bonds is 21. The standard InChI is InChI=1S/C24H46O5/c1-3-5-7-9-11-13-15-17-19-24(27)29-22(20-25)21-28-23(26)18-16-14-12-10-8-6-4-2/h22,25H,3-21H2,1-2H3/t22-/m0/s1. The topological polar surface area (TPSA) is 72.8 Å². The van der Waals surface area contributed by atoms with Gasteiger partial charge in [-0.25, -0.2) is 0 Å². The maximum atomic E-state index is 11.9. The summed E-state index contributed by atoms with van der Waals surface area (Å²) in [7, 11) is 0. The molecule has 5 heteroatoms. The first-order chi connectivity index (χ1) is 14.1. The maximum absolute atomic E-state index is 11.9. The van der Waals surface area contributed by atoms with Gasteiger partial charge >= 0.3 is 11.9 Å². The molecule has 0 rings (SSSR count). The normalized spacial score (nSPS) is 12.0. The molecule has 0 aromatic heterocycles. The van der Waals surface area contributed by atoms with E-state index in [1.807, 2.05) is 0 Å². The Hall–Kier alpha value is -1.10. The number of aliphatic hydroxyl groups excluding tert-OH is 1. The summed E-state index contributed by atoms with van der Waals surface area (Å²) >= 11 is 0. The van der Waals surface area contributed by atoms with Gasteiger partial charge < -0.3 is 14.6 Å². The molecule has 29 heavy (non-hydrogen) atoms. The molecule has 0 bridgehead atoms. The van der Waals surface area contributed by atoms with Crippen LogP contribution in [0.15, 0.2) is 0 Å². The number of aliphatic hydroxyl groups is 1. The van der Waals surface area contributed by atoms with Crippen LogP contribution in [0.3, 0.4) is 0 Å². The van der Waals surface area contributed by atoms with Crippen LogP contribution in [0.4, 0.5) is 0 Å². The smallest absolute Gasteiger partial charge is 0.306 e. The average molecular weight is 415 g/mol. The number of hydrogen-bond donors (Lipinski definition) is 1. The highest BCUT2D eigenvalue weighted by molar-refractivity contribution is 5.70. The lowest BCUT2D eigenvalue weighted by Gasteiger charge is -2.15. The van der Waals surface area contributed by atoms with Gasteiger partial charge in [-0.15, -0.1) is 0 Å². The lowest BCUT2D eigenvalue weighted by atomic mass is 10.1. The molecule has 0 saturated heterocycles. The highest BCUT2D eigenvalue weighted by Crippen LogP contribution is 2.11. The average Bonchev–Trinajstić information content (AvgIpc) is 2.72. The van der Waals surface area contributed by atoms with Crippen LogP contribution in [-0.2, 0) is 19.1 Å². The molecule has 0 amide bonds. The summed E-state index contributed by atoms with van der Waals surface area (Å²) < 4.78 is 10.4. The Kier molecular flexibility index (Phi) is 20.8. The molecule has 0 aromatic rings. The van der Waals surface area contributed by atoms with E-state index in [4.69, 9.17) is 9.47 Å². The van der Waals surface area contributed by atoms with Crippen LogP contribution < -0.4 is 0 Å². The summed E-state index contributed by atoms with van der Waals surface area (Å²) in [6.07, 6.45) is 17.4. The molecule has 0 aliphatic carbocycles. The summed E-state index contributed by atoms with van der Waals surface area (Å²) in [6, 6.07) is 0. The van der Waals surface area contributed by atoms with Crippen molar-refractivity contribution in [3.8, 4) is 0 Å². The Morgan fingerprint density at radius 1 is 0.655 bits per heavy atom. The van der Waals surface area contributed by atoms with Gasteiger partial charge in [0.1, 0.15) is 6.61 Å². The van der Waals surface area contributed by atoms with Crippen LogP contribution in [0.25, 0.3) is 0 Å². The van der Waals surface area contributed by atoms with Crippen molar-refractivity contribution in [2.45, 2.75) is 129 Å². The van der Waals surface area contributed by atoms with E-state index in [1.54, 1.807) is 0 Å². The van der Waals surface area contributed by atoms with Crippen molar-refractivity contribution in [3.63, 3.8) is 0 Å². The first-order valence-electron chi connectivity index (χ1n) is 12.1. The second-order valence-electron chi connectivity index (χ2n) is 8.07. The number of carbonyl (C=O) groups is 2. The molecule has 0 heterocycles. The van der Waals surface area contributed by atoms with Gasteiger partial charge in [-0.05, 0) is 12.8 Å². The summed E-state index contributed by atoms with van der Waals surface area (Å²) in [5.41, 5.74) is 0. The van der Waals surface area contributed by atoms with E-state index in [1.165, 1.54) is 57.8 Å². The Morgan fingerprint density at radius 3 is 1.52 bits per heavy atom. The third-order valence-electron chi connectivity index (χ3n) is 5.15. The van der Waals surface area contributed by atoms with Crippen LogP contribution in [0.1, 0.15) is 123 Å². The van der Waals surface area contributed by atoms with Gasteiger partial charge in [-0.1, -0.05) is 97.3 Å². The number of carbonyl (C=O) groups excluding carboxylic acids is 2. The minimum absolute atomic E-state index is 0.0605. The zero-order chi connectivity index (χ0) is 21.6. The van der Waals surface area contributed by atoms with Crippen LogP contribution in [0.2, 0.25) is 0 Å². The number of ether oxygens (including phenoxy) is 2. The summed E-state index contributed by atoms with van der Waals surface area (Å²) in [6.45, 7) is 4.02. The molecule has 0 aliphatic heterocycles. The molecule has 0 radical (unpaired) electrons. The Labute approximate surface area is 178 Å². The maximum Gasteiger partial charge on any atom is 0.306 e. The summed E-state index contributed by atoms with van der Waals surface area (Å²) in [4.78, 5) is 23.7. The van der Waals surface area contributed by atoms with E-state index in [-0.39, 0.29) is 25.2 Å². The SMILES string of the molecule is CCCCCCCCCCC(=O)O[C@@H](CO)COC(=O)CCCCCCCCC. The summed E-state index contributed by atoms with van der Waals surface area (Å²) in [5.74, 6) is -0.603. The third kappa shape index (κ3) is 20.0. The van der Waals surface area contributed by atoms with E-state index < -0.39 is 6.10 Å². The number of unbranched alkanes of at least 4 members (excludes halogenated alkanes) is 13.